The van der Waals surface area contributed by atoms with E-state index in [1.807, 2.05) is 0 Å². The Kier molecular flexibility index (Phi) is 5.58. The monoisotopic (exact) mass is 213 g/mol. The minimum absolute atomic E-state index is 0.700. The van der Waals surface area contributed by atoms with Crippen molar-refractivity contribution >= 4 is 0 Å². The van der Waals surface area contributed by atoms with Gasteiger partial charge in [0.05, 0.1) is 0 Å². The third-order valence-electron chi connectivity index (χ3n) is 3.37. The highest BCUT2D eigenvalue weighted by Crippen LogP contribution is 2.15. The molecule has 0 saturated carbocycles. The van der Waals surface area contributed by atoms with E-state index in [1.165, 1.54) is 25.9 Å². The van der Waals surface area contributed by atoms with E-state index >= 15 is 0 Å². The molecule has 0 aromatic carbocycles. The lowest BCUT2D eigenvalue weighted by Gasteiger charge is -2.33. The van der Waals surface area contributed by atoms with E-state index < -0.39 is 0 Å². The van der Waals surface area contributed by atoms with E-state index in [0.717, 1.165) is 19.0 Å². The summed E-state index contributed by atoms with van der Waals surface area (Å²) in [6.45, 7) is 7.08. The largest absolute Gasteiger partial charge is 0.312 e. The first kappa shape index (κ1) is 12.9. The Labute approximate surface area is 94.8 Å². The summed E-state index contributed by atoms with van der Waals surface area (Å²) in [5.74, 6) is 0.834. The topological polar surface area (TPSA) is 18.5 Å². The molecule has 1 aliphatic rings. The molecule has 0 bridgehead atoms. The maximum absolute atomic E-state index is 3.63. The third-order valence-corrected chi connectivity index (χ3v) is 3.37. The lowest BCUT2D eigenvalue weighted by Crippen LogP contribution is -2.47. The predicted molar refractivity (Wildman–Crippen MR) is 66.2 cm³/mol. The van der Waals surface area contributed by atoms with E-state index in [0.29, 0.717) is 6.04 Å². The molecular weight excluding hydrogens is 186 g/mol. The third kappa shape index (κ3) is 4.96. The fraction of sp³-hybridized carbons (Fsp3) is 1.00. The van der Waals surface area contributed by atoms with Crippen LogP contribution in [0.25, 0.3) is 0 Å². The van der Waals surface area contributed by atoms with Gasteiger partial charge in [0.1, 0.15) is 0 Å². The summed E-state index contributed by atoms with van der Waals surface area (Å²) in [4.78, 5) is 4.69. The zero-order chi connectivity index (χ0) is 11.3. The lowest BCUT2D eigenvalue weighted by molar-refractivity contribution is 0.204. The molecule has 3 heteroatoms. The van der Waals surface area contributed by atoms with Gasteiger partial charge in [-0.3, -0.25) is 0 Å². The first-order valence-corrected chi connectivity index (χ1v) is 6.16. The van der Waals surface area contributed by atoms with E-state index in [2.05, 4.69) is 43.2 Å². The lowest BCUT2D eigenvalue weighted by atomic mass is 9.92. The second-order valence-electron chi connectivity index (χ2n) is 5.25. The molecule has 0 amide bonds. The van der Waals surface area contributed by atoms with Gasteiger partial charge in [-0.2, -0.15) is 0 Å². The fourth-order valence-electron chi connectivity index (χ4n) is 2.16. The van der Waals surface area contributed by atoms with E-state index in [-0.39, 0.29) is 0 Å². The fourth-order valence-corrected chi connectivity index (χ4v) is 2.16. The van der Waals surface area contributed by atoms with Crippen LogP contribution in [-0.4, -0.2) is 63.2 Å². The molecule has 1 rings (SSSR count). The molecule has 0 spiro atoms. The first-order chi connectivity index (χ1) is 7.09. The van der Waals surface area contributed by atoms with Crippen molar-refractivity contribution in [2.24, 2.45) is 5.92 Å². The van der Waals surface area contributed by atoms with Crippen molar-refractivity contribution in [2.75, 3.05) is 47.3 Å². The summed E-state index contributed by atoms with van der Waals surface area (Å²) in [5, 5.41) is 3.63. The van der Waals surface area contributed by atoms with Crippen LogP contribution in [-0.2, 0) is 0 Å². The zero-order valence-corrected chi connectivity index (χ0v) is 10.8. The SMILES string of the molecule is CC1CCCNC1CN(C)CCN(C)C. The molecule has 0 aromatic heterocycles. The van der Waals surface area contributed by atoms with Crippen LogP contribution in [0.2, 0.25) is 0 Å². The standard InChI is InChI=1S/C12H27N3/c1-11-6-5-7-13-12(11)10-15(4)9-8-14(2)3/h11-13H,5-10H2,1-4H3. The van der Waals surface area contributed by atoms with E-state index in [4.69, 9.17) is 0 Å². The van der Waals surface area contributed by atoms with Crippen molar-refractivity contribution in [2.45, 2.75) is 25.8 Å². The summed E-state index contributed by atoms with van der Waals surface area (Å²) in [6, 6.07) is 0.700. The van der Waals surface area contributed by atoms with Crippen molar-refractivity contribution < 1.29 is 0 Å². The minimum Gasteiger partial charge on any atom is -0.312 e. The van der Waals surface area contributed by atoms with Crippen molar-refractivity contribution in [3.8, 4) is 0 Å². The average molecular weight is 213 g/mol. The second-order valence-corrected chi connectivity index (χ2v) is 5.25. The minimum atomic E-state index is 0.700. The summed E-state index contributed by atoms with van der Waals surface area (Å²) in [6.07, 6.45) is 2.73. The van der Waals surface area contributed by atoms with E-state index in [1.54, 1.807) is 0 Å². The first-order valence-electron chi connectivity index (χ1n) is 6.16. The van der Waals surface area contributed by atoms with Gasteiger partial charge >= 0.3 is 0 Å². The van der Waals surface area contributed by atoms with Gasteiger partial charge in [0, 0.05) is 25.7 Å². The summed E-state index contributed by atoms with van der Waals surface area (Å²) >= 11 is 0. The molecule has 1 saturated heterocycles. The van der Waals surface area contributed by atoms with Crippen LogP contribution in [0.4, 0.5) is 0 Å². The molecule has 15 heavy (non-hydrogen) atoms. The molecular formula is C12H27N3. The highest BCUT2D eigenvalue weighted by atomic mass is 15.2. The smallest absolute Gasteiger partial charge is 0.0220 e. The van der Waals surface area contributed by atoms with Crippen molar-refractivity contribution in [3.05, 3.63) is 0 Å². The Hall–Kier alpha value is -0.120. The molecule has 2 unspecified atom stereocenters. The summed E-state index contributed by atoms with van der Waals surface area (Å²) in [5.41, 5.74) is 0. The Balaban J connectivity index is 2.20. The van der Waals surface area contributed by atoms with Crippen molar-refractivity contribution in [1.82, 2.24) is 15.1 Å². The summed E-state index contributed by atoms with van der Waals surface area (Å²) in [7, 11) is 6.50. The molecule has 1 heterocycles. The highest BCUT2D eigenvalue weighted by molar-refractivity contribution is 4.80. The quantitative estimate of drug-likeness (QED) is 0.731. The molecule has 1 aliphatic heterocycles. The van der Waals surface area contributed by atoms with Crippen LogP contribution in [0, 0.1) is 5.92 Å². The van der Waals surface area contributed by atoms with Crippen LogP contribution < -0.4 is 5.32 Å². The van der Waals surface area contributed by atoms with Crippen LogP contribution >= 0.6 is 0 Å². The number of piperidine rings is 1. The Bertz CT molecular complexity index is 170. The van der Waals surface area contributed by atoms with Gasteiger partial charge in [-0.15, -0.1) is 0 Å². The van der Waals surface area contributed by atoms with Gasteiger partial charge in [-0.25, -0.2) is 0 Å². The number of nitrogens with one attached hydrogen (secondary N) is 1. The normalized spacial score (nSPS) is 27.6. The molecule has 90 valence electrons. The molecule has 0 radical (unpaired) electrons. The number of rotatable bonds is 5. The van der Waals surface area contributed by atoms with Crippen LogP contribution in [0.5, 0.6) is 0 Å². The molecule has 1 fully saturated rings. The van der Waals surface area contributed by atoms with Crippen LogP contribution in [0.3, 0.4) is 0 Å². The van der Waals surface area contributed by atoms with Gasteiger partial charge in [-0.1, -0.05) is 6.92 Å². The Morgan fingerprint density at radius 3 is 2.53 bits per heavy atom. The maximum Gasteiger partial charge on any atom is 0.0220 e. The Morgan fingerprint density at radius 1 is 1.20 bits per heavy atom. The van der Waals surface area contributed by atoms with Gasteiger partial charge in [0.2, 0.25) is 0 Å². The average Bonchev–Trinajstić information content (AvgIpc) is 2.18. The van der Waals surface area contributed by atoms with Gasteiger partial charge < -0.3 is 15.1 Å². The number of nitrogens with zero attached hydrogens (tertiary/aromatic N) is 2. The number of hydrogen-bond donors (Lipinski definition) is 1. The van der Waals surface area contributed by atoms with Crippen LogP contribution in [0.15, 0.2) is 0 Å². The molecule has 1 N–H and O–H groups in total. The summed E-state index contributed by atoms with van der Waals surface area (Å²) < 4.78 is 0. The molecule has 0 aromatic rings. The number of likely N-dealkylation sites (N-methyl/N-ethyl adjacent to an activating group) is 2. The molecule has 2 atom stereocenters. The van der Waals surface area contributed by atoms with Gasteiger partial charge in [0.15, 0.2) is 0 Å². The van der Waals surface area contributed by atoms with Gasteiger partial charge in [0.25, 0.3) is 0 Å². The van der Waals surface area contributed by atoms with Crippen molar-refractivity contribution in [3.63, 3.8) is 0 Å². The van der Waals surface area contributed by atoms with Crippen LogP contribution in [0.1, 0.15) is 19.8 Å². The predicted octanol–water partition coefficient (Wildman–Crippen LogP) is 0.868. The van der Waals surface area contributed by atoms with Gasteiger partial charge in [-0.05, 0) is 46.4 Å². The molecule has 3 nitrogen and oxygen atoms in total. The van der Waals surface area contributed by atoms with E-state index in [9.17, 15) is 0 Å². The second kappa shape index (κ2) is 6.46. The maximum atomic E-state index is 3.63. The zero-order valence-electron chi connectivity index (χ0n) is 10.8. The number of hydrogen-bond acceptors (Lipinski definition) is 3. The van der Waals surface area contributed by atoms with Crippen molar-refractivity contribution in [1.29, 1.82) is 0 Å². The Morgan fingerprint density at radius 2 is 1.93 bits per heavy atom. The highest BCUT2D eigenvalue weighted by Gasteiger charge is 2.21. The molecule has 0 aliphatic carbocycles.